The smallest absolute Gasteiger partial charge is 0.126 e. The summed E-state index contributed by atoms with van der Waals surface area (Å²) in [5.74, 6) is 1.51. The van der Waals surface area contributed by atoms with E-state index >= 15 is 0 Å². The molecule has 1 aromatic carbocycles. The number of methoxy groups -OCH3 is 1. The Balaban J connectivity index is 2.50. The zero-order chi connectivity index (χ0) is 9.97. The van der Waals surface area contributed by atoms with E-state index in [1.165, 1.54) is 0 Å². The fourth-order valence-corrected chi connectivity index (χ4v) is 1.45. The lowest BCUT2D eigenvalue weighted by molar-refractivity contribution is 0.416. The van der Waals surface area contributed by atoms with Crippen molar-refractivity contribution in [1.29, 1.82) is 0 Å². The summed E-state index contributed by atoms with van der Waals surface area (Å²) in [6.45, 7) is 0. The molecule has 3 heteroatoms. The first-order valence-electron chi connectivity index (χ1n) is 4.38. The van der Waals surface area contributed by atoms with Crippen molar-refractivity contribution in [2.45, 2.75) is 0 Å². The molecule has 0 aliphatic carbocycles. The van der Waals surface area contributed by atoms with Crippen LogP contribution in [-0.2, 0) is 0 Å². The first-order chi connectivity index (χ1) is 6.81. The summed E-state index contributed by atoms with van der Waals surface area (Å²) in [5, 5.41) is 0. The molecule has 2 rings (SSSR count). The molecule has 0 bridgehead atoms. The first kappa shape index (κ1) is 8.69. The van der Waals surface area contributed by atoms with E-state index in [0.29, 0.717) is 5.82 Å². The normalized spacial score (nSPS) is 10.1. The second kappa shape index (κ2) is 3.46. The average molecular weight is 188 g/mol. The minimum atomic E-state index is 0.658. The minimum Gasteiger partial charge on any atom is -0.496 e. The Morgan fingerprint density at radius 1 is 1.29 bits per heavy atom. The molecule has 0 aliphatic rings. The third-order valence-corrected chi connectivity index (χ3v) is 2.12. The molecule has 1 aromatic heterocycles. The van der Waals surface area contributed by atoms with Gasteiger partial charge in [-0.3, -0.25) is 0 Å². The predicted molar refractivity (Wildman–Crippen MR) is 57.2 cm³/mol. The first-order valence-corrected chi connectivity index (χ1v) is 4.38. The van der Waals surface area contributed by atoms with Crippen molar-refractivity contribution in [3.63, 3.8) is 0 Å². The van der Waals surface area contributed by atoms with Crippen molar-refractivity contribution < 1.29 is 4.74 Å². The van der Waals surface area contributed by atoms with Crippen LogP contribution >= 0.6 is 0 Å². The summed E-state index contributed by atoms with van der Waals surface area (Å²) < 4.78 is 5.25. The number of aromatic amines is 1. The molecule has 3 nitrogen and oxygen atoms in total. The van der Waals surface area contributed by atoms with Crippen molar-refractivity contribution in [3.8, 4) is 16.9 Å². The van der Waals surface area contributed by atoms with Gasteiger partial charge >= 0.3 is 0 Å². The number of ether oxygens (including phenoxy) is 1. The number of benzene rings is 1. The van der Waals surface area contributed by atoms with E-state index in [4.69, 9.17) is 10.5 Å². The fourth-order valence-electron chi connectivity index (χ4n) is 1.45. The van der Waals surface area contributed by atoms with Gasteiger partial charge in [0.2, 0.25) is 0 Å². The SMILES string of the molecule is COc1ccccc1-c1c[nH]c(N)c1. The monoisotopic (exact) mass is 188 g/mol. The maximum Gasteiger partial charge on any atom is 0.126 e. The summed E-state index contributed by atoms with van der Waals surface area (Å²) in [6, 6.07) is 9.73. The molecular formula is C11H12N2O. The summed E-state index contributed by atoms with van der Waals surface area (Å²) in [5.41, 5.74) is 7.70. The summed E-state index contributed by atoms with van der Waals surface area (Å²) in [7, 11) is 1.66. The molecular weight excluding hydrogens is 176 g/mol. The van der Waals surface area contributed by atoms with E-state index in [0.717, 1.165) is 16.9 Å². The molecule has 72 valence electrons. The van der Waals surface area contributed by atoms with Gasteiger partial charge in [-0.1, -0.05) is 18.2 Å². The van der Waals surface area contributed by atoms with Gasteiger partial charge in [-0.2, -0.15) is 0 Å². The number of H-pyrrole nitrogens is 1. The van der Waals surface area contributed by atoms with Gasteiger partial charge in [0, 0.05) is 17.3 Å². The lowest BCUT2D eigenvalue weighted by Gasteiger charge is -2.05. The van der Waals surface area contributed by atoms with E-state index in [1.54, 1.807) is 7.11 Å². The molecule has 0 saturated carbocycles. The maximum atomic E-state index is 5.61. The number of para-hydroxylation sites is 1. The zero-order valence-electron chi connectivity index (χ0n) is 7.95. The van der Waals surface area contributed by atoms with Crippen LogP contribution in [0.25, 0.3) is 11.1 Å². The molecule has 0 atom stereocenters. The van der Waals surface area contributed by atoms with Crippen molar-refractivity contribution >= 4 is 5.82 Å². The second-order valence-corrected chi connectivity index (χ2v) is 3.04. The number of aromatic nitrogens is 1. The Labute approximate surface area is 82.5 Å². The van der Waals surface area contributed by atoms with Gasteiger partial charge < -0.3 is 15.5 Å². The van der Waals surface area contributed by atoms with E-state index in [2.05, 4.69) is 4.98 Å². The number of anilines is 1. The number of nitrogen functional groups attached to an aromatic ring is 1. The summed E-state index contributed by atoms with van der Waals surface area (Å²) >= 11 is 0. The molecule has 14 heavy (non-hydrogen) atoms. The van der Waals surface area contributed by atoms with Crippen LogP contribution in [0.4, 0.5) is 5.82 Å². The van der Waals surface area contributed by atoms with Crippen LogP contribution in [0, 0.1) is 0 Å². The molecule has 1 heterocycles. The minimum absolute atomic E-state index is 0.658. The Morgan fingerprint density at radius 3 is 2.71 bits per heavy atom. The van der Waals surface area contributed by atoms with E-state index in [1.807, 2.05) is 36.5 Å². The average Bonchev–Trinajstić information content (AvgIpc) is 2.65. The molecule has 0 radical (unpaired) electrons. The van der Waals surface area contributed by atoms with Crippen LogP contribution in [0.15, 0.2) is 36.5 Å². The quantitative estimate of drug-likeness (QED) is 0.759. The Bertz CT molecular complexity index is 434. The van der Waals surface area contributed by atoms with Gasteiger partial charge in [-0.15, -0.1) is 0 Å². The van der Waals surface area contributed by atoms with Gasteiger partial charge in [-0.25, -0.2) is 0 Å². The Kier molecular flexibility index (Phi) is 2.14. The second-order valence-electron chi connectivity index (χ2n) is 3.04. The Hall–Kier alpha value is -1.90. The zero-order valence-corrected chi connectivity index (χ0v) is 7.95. The third kappa shape index (κ3) is 1.44. The van der Waals surface area contributed by atoms with Gasteiger partial charge in [0.1, 0.15) is 11.6 Å². The summed E-state index contributed by atoms with van der Waals surface area (Å²) in [4.78, 5) is 2.94. The maximum absolute atomic E-state index is 5.61. The van der Waals surface area contributed by atoms with Gasteiger partial charge in [-0.05, 0) is 12.1 Å². The fraction of sp³-hybridized carbons (Fsp3) is 0.0909. The van der Waals surface area contributed by atoms with Crippen LogP contribution in [0.1, 0.15) is 0 Å². The third-order valence-electron chi connectivity index (χ3n) is 2.12. The van der Waals surface area contributed by atoms with Crippen molar-refractivity contribution in [1.82, 2.24) is 4.98 Å². The number of hydrogen-bond acceptors (Lipinski definition) is 2. The number of rotatable bonds is 2. The van der Waals surface area contributed by atoms with Crippen LogP contribution in [0.5, 0.6) is 5.75 Å². The molecule has 0 unspecified atom stereocenters. The number of nitrogens with two attached hydrogens (primary N) is 1. The highest BCUT2D eigenvalue weighted by Gasteiger charge is 2.05. The molecule has 0 fully saturated rings. The van der Waals surface area contributed by atoms with Gasteiger partial charge in [0.05, 0.1) is 7.11 Å². The van der Waals surface area contributed by atoms with Gasteiger partial charge in [0.25, 0.3) is 0 Å². The van der Waals surface area contributed by atoms with E-state index in [-0.39, 0.29) is 0 Å². The molecule has 0 aliphatic heterocycles. The highest BCUT2D eigenvalue weighted by Crippen LogP contribution is 2.30. The van der Waals surface area contributed by atoms with Crippen LogP contribution in [0.3, 0.4) is 0 Å². The summed E-state index contributed by atoms with van der Waals surface area (Å²) in [6.07, 6.45) is 1.87. The van der Waals surface area contributed by atoms with E-state index < -0.39 is 0 Å². The van der Waals surface area contributed by atoms with Crippen LogP contribution < -0.4 is 10.5 Å². The number of nitrogens with one attached hydrogen (secondary N) is 1. The lowest BCUT2D eigenvalue weighted by Crippen LogP contribution is -1.85. The Morgan fingerprint density at radius 2 is 2.07 bits per heavy atom. The largest absolute Gasteiger partial charge is 0.496 e. The molecule has 0 spiro atoms. The highest BCUT2D eigenvalue weighted by atomic mass is 16.5. The lowest BCUT2D eigenvalue weighted by atomic mass is 10.1. The van der Waals surface area contributed by atoms with Crippen molar-refractivity contribution in [2.24, 2.45) is 0 Å². The molecule has 3 N–H and O–H groups in total. The molecule has 0 amide bonds. The number of hydrogen-bond donors (Lipinski definition) is 2. The molecule has 0 saturated heterocycles. The van der Waals surface area contributed by atoms with Crippen LogP contribution in [0.2, 0.25) is 0 Å². The molecule has 2 aromatic rings. The topological polar surface area (TPSA) is 51.0 Å². The van der Waals surface area contributed by atoms with Gasteiger partial charge in [0.15, 0.2) is 0 Å². The van der Waals surface area contributed by atoms with E-state index in [9.17, 15) is 0 Å². The van der Waals surface area contributed by atoms with Crippen LogP contribution in [-0.4, -0.2) is 12.1 Å². The predicted octanol–water partition coefficient (Wildman–Crippen LogP) is 2.27. The van der Waals surface area contributed by atoms with Crippen molar-refractivity contribution in [3.05, 3.63) is 36.5 Å². The standard InChI is InChI=1S/C11H12N2O/c1-14-10-5-3-2-4-9(10)8-6-11(12)13-7-8/h2-7,13H,12H2,1H3. The van der Waals surface area contributed by atoms with Crippen molar-refractivity contribution in [2.75, 3.05) is 12.8 Å². The highest BCUT2D eigenvalue weighted by molar-refractivity contribution is 5.72.